The van der Waals surface area contributed by atoms with Crippen LogP contribution in [0.2, 0.25) is 0 Å². The van der Waals surface area contributed by atoms with Crippen LogP contribution >= 0.6 is 11.8 Å². The number of nitrogens with zero attached hydrogens (tertiary/aromatic N) is 2. The molecule has 0 amide bonds. The highest BCUT2D eigenvalue weighted by Crippen LogP contribution is 2.32. The van der Waals surface area contributed by atoms with Crippen molar-refractivity contribution in [3.05, 3.63) is 40.7 Å². The predicted molar refractivity (Wildman–Crippen MR) is 77.8 cm³/mol. The summed E-state index contributed by atoms with van der Waals surface area (Å²) in [6.07, 6.45) is 4.40. The maximum absolute atomic E-state index is 11.0. The zero-order valence-electron chi connectivity index (χ0n) is 10.2. The van der Waals surface area contributed by atoms with Gasteiger partial charge in [-0.1, -0.05) is 0 Å². The van der Waals surface area contributed by atoms with Crippen molar-refractivity contribution < 1.29 is 4.92 Å². The number of non-ortho nitro benzene ring substituents is 1. The lowest BCUT2D eigenvalue weighted by Crippen LogP contribution is -2.18. The van der Waals surface area contributed by atoms with Crippen LogP contribution < -0.4 is 5.32 Å². The Kier molecular flexibility index (Phi) is 3.25. The lowest BCUT2D eigenvalue weighted by Gasteiger charge is -2.14. The Morgan fingerprint density at radius 3 is 3.00 bits per heavy atom. The van der Waals surface area contributed by atoms with Crippen molar-refractivity contribution >= 4 is 33.9 Å². The lowest BCUT2D eigenvalue weighted by molar-refractivity contribution is -0.383. The Balaban J connectivity index is 2.05. The highest BCUT2D eigenvalue weighted by atomic mass is 32.2. The molecule has 0 bridgehead atoms. The van der Waals surface area contributed by atoms with Gasteiger partial charge >= 0.3 is 0 Å². The largest absolute Gasteiger partial charge is 0.381 e. The molecule has 3 rings (SSSR count). The molecule has 2 aromatic rings. The number of fused-ring (bicyclic) bond motifs is 1. The molecule has 98 valence electrons. The first-order valence-electron chi connectivity index (χ1n) is 6.11. The number of pyridine rings is 1. The summed E-state index contributed by atoms with van der Waals surface area (Å²) < 4.78 is 0. The molecule has 6 heteroatoms. The van der Waals surface area contributed by atoms with Crippen LogP contribution in [-0.4, -0.2) is 27.5 Å². The normalized spacial score (nSPS) is 18.6. The van der Waals surface area contributed by atoms with Crippen molar-refractivity contribution in [2.24, 2.45) is 0 Å². The molecular formula is C13H13N3O2S. The second-order valence-electron chi connectivity index (χ2n) is 4.52. The van der Waals surface area contributed by atoms with Gasteiger partial charge in [0.2, 0.25) is 0 Å². The SMILES string of the molecule is O=[N+]([O-])c1ccc(NC2CCSC2)c2cnccc12. The van der Waals surface area contributed by atoms with E-state index in [1.165, 1.54) is 5.75 Å². The van der Waals surface area contributed by atoms with Crippen molar-refractivity contribution in [3.63, 3.8) is 0 Å². The molecule has 1 unspecified atom stereocenters. The van der Waals surface area contributed by atoms with Gasteiger partial charge in [0.1, 0.15) is 0 Å². The number of anilines is 1. The van der Waals surface area contributed by atoms with E-state index in [1.54, 1.807) is 30.6 Å². The smallest absolute Gasteiger partial charge is 0.277 e. The second-order valence-corrected chi connectivity index (χ2v) is 5.67. The number of nitrogens with one attached hydrogen (secondary N) is 1. The molecule has 1 aliphatic heterocycles. The highest BCUT2D eigenvalue weighted by Gasteiger charge is 2.18. The van der Waals surface area contributed by atoms with Crippen molar-refractivity contribution in [1.29, 1.82) is 0 Å². The molecule has 1 fully saturated rings. The third kappa shape index (κ3) is 2.35. The molecule has 0 radical (unpaired) electrons. The molecule has 1 aromatic carbocycles. The number of rotatable bonds is 3. The van der Waals surface area contributed by atoms with E-state index >= 15 is 0 Å². The van der Waals surface area contributed by atoms with Gasteiger partial charge in [0.15, 0.2) is 0 Å². The number of hydrogen-bond acceptors (Lipinski definition) is 5. The van der Waals surface area contributed by atoms with Gasteiger partial charge in [-0.25, -0.2) is 0 Å². The number of thioether (sulfide) groups is 1. The molecule has 1 saturated heterocycles. The standard InChI is InChI=1S/C13H13N3O2S/c17-16(18)13-2-1-12(15-9-4-6-19-8-9)11-7-14-5-3-10(11)13/h1-3,5,7,9,15H,4,6,8H2. The van der Waals surface area contributed by atoms with Crippen molar-refractivity contribution in [2.75, 3.05) is 16.8 Å². The topological polar surface area (TPSA) is 68.1 Å². The number of nitro benzene ring substituents is 1. The minimum Gasteiger partial charge on any atom is -0.381 e. The average Bonchev–Trinajstić information content (AvgIpc) is 2.91. The molecule has 0 aliphatic carbocycles. The minimum absolute atomic E-state index is 0.128. The number of nitro groups is 1. The first kappa shape index (κ1) is 12.2. The fraction of sp³-hybridized carbons (Fsp3) is 0.308. The van der Waals surface area contributed by atoms with E-state index in [-0.39, 0.29) is 10.6 Å². The van der Waals surface area contributed by atoms with Gasteiger partial charge in [-0.2, -0.15) is 11.8 Å². The van der Waals surface area contributed by atoms with Gasteiger partial charge in [-0.15, -0.1) is 0 Å². The van der Waals surface area contributed by atoms with E-state index in [2.05, 4.69) is 10.3 Å². The van der Waals surface area contributed by atoms with Gasteiger partial charge in [-0.3, -0.25) is 15.1 Å². The van der Waals surface area contributed by atoms with Crippen LogP contribution in [0.25, 0.3) is 10.8 Å². The van der Waals surface area contributed by atoms with E-state index < -0.39 is 0 Å². The number of aromatic nitrogens is 1. The monoisotopic (exact) mass is 275 g/mol. The first-order valence-corrected chi connectivity index (χ1v) is 7.26. The van der Waals surface area contributed by atoms with E-state index in [4.69, 9.17) is 0 Å². The Morgan fingerprint density at radius 1 is 1.37 bits per heavy atom. The Labute approximate surface area is 114 Å². The molecule has 1 aromatic heterocycles. The Morgan fingerprint density at radius 2 is 2.26 bits per heavy atom. The Bertz CT molecular complexity index is 626. The summed E-state index contributed by atoms with van der Waals surface area (Å²) in [5.74, 6) is 2.25. The van der Waals surface area contributed by atoms with Crippen molar-refractivity contribution in [2.45, 2.75) is 12.5 Å². The maximum atomic E-state index is 11.0. The second kappa shape index (κ2) is 5.05. The average molecular weight is 275 g/mol. The molecule has 1 N–H and O–H groups in total. The van der Waals surface area contributed by atoms with Crippen molar-refractivity contribution in [1.82, 2.24) is 4.98 Å². The van der Waals surface area contributed by atoms with Crippen molar-refractivity contribution in [3.8, 4) is 0 Å². The maximum Gasteiger partial charge on any atom is 0.277 e. The molecule has 0 saturated carbocycles. The predicted octanol–water partition coefficient (Wildman–Crippen LogP) is 3.06. The first-order chi connectivity index (χ1) is 9.25. The fourth-order valence-corrected chi connectivity index (χ4v) is 3.48. The summed E-state index contributed by atoms with van der Waals surface area (Å²) >= 11 is 1.93. The fourth-order valence-electron chi connectivity index (χ4n) is 2.33. The van der Waals surface area contributed by atoms with Crippen LogP contribution in [0.1, 0.15) is 6.42 Å². The van der Waals surface area contributed by atoms with Crippen LogP contribution in [0.4, 0.5) is 11.4 Å². The summed E-state index contributed by atoms with van der Waals surface area (Å²) in [4.78, 5) is 14.8. The van der Waals surface area contributed by atoms with E-state index in [0.29, 0.717) is 11.4 Å². The van der Waals surface area contributed by atoms with E-state index in [1.807, 2.05) is 11.8 Å². The quantitative estimate of drug-likeness (QED) is 0.688. The summed E-state index contributed by atoms with van der Waals surface area (Å²) in [6, 6.07) is 5.48. The Hall–Kier alpha value is -1.82. The molecule has 1 aliphatic rings. The van der Waals surface area contributed by atoms with E-state index in [0.717, 1.165) is 23.2 Å². The third-order valence-corrected chi connectivity index (χ3v) is 4.44. The summed E-state index contributed by atoms with van der Waals surface area (Å²) in [5.41, 5.74) is 1.06. The molecule has 5 nitrogen and oxygen atoms in total. The van der Waals surface area contributed by atoms with Gasteiger partial charge < -0.3 is 5.32 Å². The van der Waals surface area contributed by atoms with Crippen LogP contribution in [-0.2, 0) is 0 Å². The molecule has 0 spiro atoms. The highest BCUT2D eigenvalue weighted by molar-refractivity contribution is 7.99. The van der Waals surface area contributed by atoms with Crippen LogP contribution in [0.15, 0.2) is 30.6 Å². The zero-order valence-corrected chi connectivity index (χ0v) is 11.0. The van der Waals surface area contributed by atoms with Crippen LogP contribution in [0.3, 0.4) is 0 Å². The summed E-state index contributed by atoms with van der Waals surface area (Å²) in [5, 5.41) is 15.9. The molecule has 19 heavy (non-hydrogen) atoms. The molecule has 1 atom stereocenters. The van der Waals surface area contributed by atoms with Gasteiger partial charge in [0, 0.05) is 41.3 Å². The van der Waals surface area contributed by atoms with Gasteiger partial charge in [0.25, 0.3) is 5.69 Å². The van der Waals surface area contributed by atoms with Gasteiger partial charge in [0.05, 0.1) is 10.3 Å². The number of hydrogen-bond donors (Lipinski definition) is 1. The summed E-state index contributed by atoms with van der Waals surface area (Å²) in [7, 11) is 0. The van der Waals surface area contributed by atoms with Crippen LogP contribution in [0.5, 0.6) is 0 Å². The number of benzene rings is 1. The summed E-state index contributed by atoms with van der Waals surface area (Å²) in [6.45, 7) is 0. The molecule has 2 heterocycles. The lowest BCUT2D eigenvalue weighted by atomic mass is 10.1. The van der Waals surface area contributed by atoms with E-state index in [9.17, 15) is 10.1 Å². The third-order valence-electron chi connectivity index (χ3n) is 3.28. The van der Waals surface area contributed by atoms with Crippen LogP contribution in [0, 0.1) is 10.1 Å². The zero-order chi connectivity index (χ0) is 13.2. The van der Waals surface area contributed by atoms with Gasteiger partial charge in [-0.05, 0) is 24.3 Å². The molecular weight excluding hydrogens is 262 g/mol. The minimum atomic E-state index is -0.350.